The van der Waals surface area contributed by atoms with Crippen LogP contribution in [0.3, 0.4) is 0 Å². The SMILES string of the molecule is C=CCN(CCC)C(=O)[C@@H]1[C@H]2C(=O)N([C@@H](CO)CC(C)C)C(C(=O)N(CC=C)C(C)C)C23CC[C@H]1S3. The molecule has 7 nitrogen and oxygen atoms in total. The molecule has 3 rings (SSSR count). The zero-order valence-electron chi connectivity index (χ0n) is 22.7. The van der Waals surface area contributed by atoms with Gasteiger partial charge in [0.05, 0.1) is 29.2 Å². The molecular weight excluding hydrogens is 474 g/mol. The molecule has 8 heteroatoms. The van der Waals surface area contributed by atoms with Crippen molar-refractivity contribution in [1.29, 1.82) is 0 Å². The smallest absolute Gasteiger partial charge is 0.247 e. The summed E-state index contributed by atoms with van der Waals surface area (Å²) < 4.78 is -0.649. The van der Waals surface area contributed by atoms with E-state index in [9.17, 15) is 19.5 Å². The molecular formula is C28H45N3O4S. The highest BCUT2D eigenvalue weighted by atomic mass is 32.2. The first-order chi connectivity index (χ1) is 17.1. The molecule has 0 aromatic heterocycles. The molecule has 0 saturated carbocycles. The Bertz CT molecular complexity index is 862. The maximum Gasteiger partial charge on any atom is 0.247 e. The summed E-state index contributed by atoms with van der Waals surface area (Å²) in [5, 5.41) is 10.4. The van der Waals surface area contributed by atoms with Crippen molar-refractivity contribution in [2.45, 2.75) is 88.4 Å². The van der Waals surface area contributed by atoms with Gasteiger partial charge in [-0.2, -0.15) is 0 Å². The van der Waals surface area contributed by atoms with E-state index in [2.05, 4.69) is 27.0 Å². The first-order valence-electron chi connectivity index (χ1n) is 13.5. The van der Waals surface area contributed by atoms with E-state index < -0.39 is 28.7 Å². The van der Waals surface area contributed by atoms with E-state index in [0.29, 0.717) is 26.1 Å². The van der Waals surface area contributed by atoms with Crippen molar-refractivity contribution < 1.29 is 19.5 Å². The first-order valence-corrected chi connectivity index (χ1v) is 14.4. The second kappa shape index (κ2) is 11.7. The maximum absolute atomic E-state index is 14.3. The van der Waals surface area contributed by atoms with Gasteiger partial charge in [-0.1, -0.05) is 32.9 Å². The molecule has 3 aliphatic heterocycles. The number of thioether (sulfide) groups is 1. The molecule has 0 radical (unpaired) electrons. The Balaban J connectivity index is 2.10. The highest BCUT2D eigenvalue weighted by Crippen LogP contribution is 2.67. The fraction of sp³-hybridized carbons (Fsp3) is 0.750. The van der Waals surface area contributed by atoms with E-state index in [1.807, 2.05) is 25.7 Å². The van der Waals surface area contributed by atoms with Crippen LogP contribution in [-0.2, 0) is 14.4 Å². The summed E-state index contributed by atoms with van der Waals surface area (Å²) >= 11 is 1.69. The van der Waals surface area contributed by atoms with Gasteiger partial charge in [0.25, 0.3) is 0 Å². The number of hydrogen-bond acceptors (Lipinski definition) is 5. The van der Waals surface area contributed by atoms with Gasteiger partial charge in [0.2, 0.25) is 17.7 Å². The number of rotatable bonds is 13. The number of aliphatic hydroxyl groups is 1. The number of carbonyl (C=O) groups is 3. The van der Waals surface area contributed by atoms with Crippen LogP contribution >= 0.6 is 11.8 Å². The van der Waals surface area contributed by atoms with E-state index >= 15 is 0 Å². The summed E-state index contributed by atoms with van der Waals surface area (Å²) in [4.78, 5) is 47.7. The Morgan fingerprint density at radius 2 is 1.86 bits per heavy atom. The van der Waals surface area contributed by atoms with Crippen molar-refractivity contribution in [2.75, 3.05) is 26.2 Å². The molecule has 2 bridgehead atoms. The summed E-state index contributed by atoms with van der Waals surface area (Å²) in [5.41, 5.74) is 0. The molecule has 0 aromatic carbocycles. The van der Waals surface area contributed by atoms with E-state index in [1.165, 1.54) is 0 Å². The van der Waals surface area contributed by atoms with Gasteiger partial charge in [0.1, 0.15) is 6.04 Å². The predicted molar refractivity (Wildman–Crippen MR) is 145 cm³/mol. The van der Waals surface area contributed by atoms with Gasteiger partial charge in [0, 0.05) is 30.9 Å². The summed E-state index contributed by atoms with van der Waals surface area (Å²) in [6.45, 7) is 19.0. The minimum absolute atomic E-state index is 0.00145. The third kappa shape index (κ3) is 4.87. The normalized spacial score (nSPS) is 29.6. The highest BCUT2D eigenvalue weighted by molar-refractivity contribution is 8.02. The van der Waals surface area contributed by atoms with Gasteiger partial charge in [-0.25, -0.2) is 0 Å². The van der Waals surface area contributed by atoms with Crippen molar-refractivity contribution in [3.05, 3.63) is 25.3 Å². The lowest BCUT2D eigenvalue weighted by Gasteiger charge is -2.41. The van der Waals surface area contributed by atoms with Gasteiger partial charge < -0.3 is 19.8 Å². The van der Waals surface area contributed by atoms with Crippen LogP contribution in [-0.4, -0.2) is 91.9 Å². The van der Waals surface area contributed by atoms with E-state index in [0.717, 1.165) is 19.3 Å². The lowest BCUT2D eigenvalue weighted by Crippen LogP contribution is -2.58. The number of amides is 3. The van der Waals surface area contributed by atoms with Crippen LogP contribution in [0.4, 0.5) is 0 Å². The van der Waals surface area contributed by atoms with Crippen molar-refractivity contribution in [1.82, 2.24) is 14.7 Å². The average molecular weight is 520 g/mol. The van der Waals surface area contributed by atoms with Crippen LogP contribution in [0.25, 0.3) is 0 Å². The first kappa shape index (κ1) is 28.8. The highest BCUT2D eigenvalue weighted by Gasteiger charge is 2.74. The maximum atomic E-state index is 14.3. The van der Waals surface area contributed by atoms with Crippen LogP contribution in [0.2, 0.25) is 0 Å². The summed E-state index contributed by atoms with van der Waals surface area (Å²) in [7, 11) is 0. The quantitative estimate of drug-likeness (QED) is 0.378. The monoisotopic (exact) mass is 519 g/mol. The summed E-state index contributed by atoms with van der Waals surface area (Å²) in [6, 6.07) is -1.21. The molecule has 2 unspecified atom stereocenters. The molecule has 36 heavy (non-hydrogen) atoms. The van der Waals surface area contributed by atoms with Crippen molar-refractivity contribution in [3.63, 3.8) is 0 Å². The second-order valence-corrected chi connectivity index (χ2v) is 12.8. The summed E-state index contributed by atoms with van der Waals surface area (Å²) in [6.07, 6.45) is 6.42. The van der Waals surface area contributed by atoms with Gasteiger partial charge in [-0.3, -0.25) is 14.4 Å². The molecule has 3 fully saturated rings. The Morgan fingerprint density at radius 3 is 2.39 bits per heavy atom. The fourth-order valence-electron chi connectivity index (χ4n) is 6.64. The van der Waals surface area contributed by atoms with Crippen molar-refractivity contribution in [3.8, 4) is 0 Å². The number of likely N-dealkylation sites (tertiary alicyclic amines) is 1. The molecule has 1 spiro atoms. The number of hydrogen-bond donors (Lipinski definition) is 1. The fourth-order valence-corrected chi connectivity index (χ4v) is 8.84. The van der Waals surface area contributed by atoms with Crippen LogP contribution in [0.15, 0.2) is 25.3 Å². The molecule has 3 saturated heterocycles. The lowest BCUT2D eigenvalue weighted by molar-refractivity contribution is -0.147. The molecule has 0 aliphatic carbocycles. The van der Waals surface area contributed by atoms with Crippen molar-refractivity contribution >= 4 is 29.5 Å². The van der Waals surface area contributed by atoms with Crippen molar-refractivity contribution in [2.24, 2.45) is 17.8 Å². The van der Waals surface area contributed by atoms with Gasteiger partial charge in [-0.05, 0) is 45.4 Å². The summed E-state index contributed by atoms with van der Waals surface area (Å²) in [5.74, 6) is -0.996. The predicted octanol–water partition coefficient (Wildman–Crippen LogP) is 3.33. The van der Waals surface area contributed by atoms with Gasteiger partial charge >= 0.3 is 0 Å². The van der Waals surface area contributed by atoms with Crippen LogP contribution in [0, 0.1) is 17.8 Å². The topological polar surface area (TPSA) is 81.2 Å². The molecule has 202 valence electrons. The zero-order valence-corrected chi connectivity index (χ0v) is 23.5. The minimum Gasteiger partial charge on any atom is -0.394 e. The second-order valence-electron chi connectivity index (χ2n) is 11.2. The Hall–Kier alpha value is -1.80. The van der Waals surface area contributed by atoms with Gasteiger partial charge in [-0.15, -0.1) is 24.9 Å². The zero-order chi connectivity index (χ0) is 26.8. The standard InChI is InChI=1S/C28H45N3O4S/c1-8-13-29(14-9-2)25(33)22-21-11-12-28(36-21)23(22)26(34)31(20(17-32)16-18(4)5)24(28)27(35)30(15-10-3)19(6)7/h8,10,18-24,32H,1,3,9,11-17H2,2,4-7H3/t20-,21-,22+,23+,24?,28?/m1/s1. The Kier molecular flexibility index (Phi) is 9.36. The molecule has 3 aliphatic rings. The third-order valence-corrected chi connectivity index (χ3v) is 9.94. The molecule has 6 atom stereocenters. The van der Waals surface area contributed by atoms with E-state index in [-0.39, 0.29) is 41.5 Å². The molecule has 3 heterocycles. The lowest BCUT2D eigenvalue weighted by atomic mass is 9.70. The Labute approximate surface area is 221 Å². The molecule has 1 N–H and O–H groups in total. The van der Waals surface area contributed by atoms with E-state index in [4.69, 9.17) is 0 Å². The van der Waals surface area contributed by atoms with Crippen LogP contribution in [0.5, 0.6) is 0 Å². The Morgan fingerprint density at radius 1 is 1.19 bits per heavy atom. The molecule has 3 amide bonds. The van der Waals surface area contributed by atoms with Crippen LogP contribution < -0.4 is 0 Å². The largest absolute Gasteiger partial charge is 0.394 e. The van der Waals surface area contributed by atoms with Gasteiger partial charge in [0.15, 0.2) is 0 Å². The number of fused-ring (bicyclic) bond motifs is 1. The number of aliphatic hydroxyl groups excluding tert-OH is 1. The molecule has 0 aromatic rings. The third-order valence-electron chi connectivity index (χ3n) is 7.99. The number of carbonyl (C=O) groups excluding carboxylic acids is 3. The number of nitrogens with zero attached hydrogens (tertiary/aromatic N) is 3. The minimum atomic E-state index is -0.694. The van der Waals surface area contributed by atoms with Crippen LogP contribution in [0.1, 0.15) is 60.3 Å². The van der Waals surface area contributed by atoms with E-state index in [1.54, 1.807) is 33.7 Å². The average Bonchev–Trinajstić information content (AvgIpc) is 3.47.